The highest BCUT2D eigenvalue weighted by molar-refractivity contribution is 14.0. The maximum atomic E-state index is 5.67. The molecule has 8 nitrogen and oxygen atoms in total. The summed E-state index contributed by atoms with van der Waals surface area (Å²) in [5.74, 6) is 3.49. The maximum absolute atomic E-state index is 5.67. The lowest BCUT2D eigenvalue weighted by Gasteiger charge is -2.19. The SMILES string of the molecule is CCc1nncn1CCNC(=NCCc1ccc2c(c1)OCCO2)NC(C)CC.I. The fourth-order valence-corrected chi connectivity index (χ4v) is 3.06. The summed E-state index contributed by atoms with van der Waals surface area (Å²) in [6, 6.07) is 6.47. The summed E-state index contributed by atoms with van der Waals surface area (Å²) < 4.78 is 13.3. The van der Waals surface area contributed by atoms with Gasteiger partial charge in [-0.3, -0.25) is 4.99 Å². The van der Waals surface area contributed by atoms with E-state index in [9.17, 15) is 0 Å². The Hall–Kier alpha value is -2.04. The summed E-state index contributed by atoms with van der Waals surface area (Å²) >= 11 is 0. The van der Waals surface area contributed by atoms with Gasteiger partial charge in [-0.1, -0.05) is 19.9 Å². The van der Waals surface area contributed by atoms with Gasteiger partial charge in [0.2, 0.25) is 0 Å². The number of aromatic nitrogens is 3. The van der Waals surface area contributed by atoms with Crippen LogP contribution in [-0.4, -0.2) is 53.1 Å². The fraction of sp³-hybridized carbons (Fsp3) is 0.571. The molecule has 0 fully saturated rings. The van der Waals surface area contributed by atoms with Gasteiger partial charge in [-0.2, -0.15) is 0 Å². The minimum absolute atomic E-state index is 0. The van der Waals surface area contributed by atoms with Crippen LogP contribution >= 0.6 is 24.0 Å². The molecule has 1 unspecified atom stereocenters. The third kappa shape index (κ3) is 7.03. The largest absolute Gasteiger partial charge is 0.486 e. The third-order valence-corrected chi connectivity index (χ3v) is 4.93. The van der Waals surface area contributed by atoms with Crippen molar-refractivity contribution in [1.82, 2.24) is 25.4 Å². The van der Waals surface area contributed by atoms with E-state index in [0.717, 1.165) is 55.6 Å². The monoisotopic (exact) mass is 528 g/mol. The Morgan fingerprint density at radius 1 is 1.23 bits per heavy atom. The van der Waals surface area contributed by atoms with Crippen LogP contribution in [0.4, 0.5) is 0 Å². The Kier molecular flexibility index (Phi) is 10.2. The van der Waals surface area contributed by atoms with Crippen molar-refractivity contribution in [2.45, 2.75) is 52.6 Å². The number of halogens is 1. The number of hydrogen-bond donors (Lipinski definition) is 2. The van der Waals surface area contributed by atoms with Crippen LogP contribution in [0.3, 0.4) is 0 Å². The van der Waals surface area contributed by atoms with E-state index in [1.807, 2.05) is 6.07 Å². The number of nitrogens with one attached hydrogen (secondary N) is 2. The number of nitrogens with zero attached hydrogens (tertiary/aromatic N) is 4. The van der Waals surface area contributed by atoms with E-state index in [1.165, 1.54) is 5.56 Å². The van der Waals surface area contributed by atoms with Crippen LogP contribution in [0, 0.1) is 0 Å². The van der Waals surface area contributed by atoms with Crippen LogP contribution in [0.1, 0.15) is 38.6 Å². The van der Waals surface area contributed by atoms with E-state index < -0.39 is 0 Å². The van der Waals surface area contributed by atoms with E-state index >= 15 is 0 Å². The van der Waals surface area contributed by atoms with Crippen LogP contribution in [-0.2, 0) is 19.4 Å². The summed E-state index contributed by atoms with van der Waals surface area (Å²) in [5.41, 5.74) is 1.19. The van der Waals surface area contributed by atoms with Crippen molar-refractivity contribution in [1.29, 1.82) is 0 Å². The summed E-state index contributed by atoms with van der Waals surface area (Å²) in [5, 5.41) is 15.0. The highest BCUT2D eigenvalue weighted by Crippen LogP contribution is 2.30. The van der Waals surface area contributed by atoms with Crippen molar-refractivity contribution in [2.75, 3.05) is 26.3 Å². The van der Waals surface area contributed by atoms with Crippen molar-refractivity contribution in [2.24, 2.45) is 4.99 Å². The van der Waals surface area contributed by atoms with Crippen molar-refractivity contribution in [3.63, 3.8) is 0 Å². The van der Waals surface area contributed by atoms with Crippen molar-refractivity contribution < 1.29 is 9.47 Å². The van der Waals surface area contributed by atoms with E-state index in [0.29, 0.717) is 25.8 Å². The Morgan fingerprint density at radius 2 is 2.03 bits per heavy atom. The summed E-state index contributed by atoms with van der Waals surface area (Å²) in [6.07, 6.45) is 4.53. The van der Waals surface area contributed by atoms with Gasteiger partial charge < -0.3 is 24.7 Å². The summed E-state index contributed by atoms with van der Waals surface area (Å²) in [6.45, 7) is 9.88. The molecule has 166 valence electrons. The zero-order chi connectivity index (χ0) is 20.5. The molecule has 9 heteroatoms. The van der Waals surface area contributed by atoms with E-state index in [4.69, 9.17) is 14.5 Å². The molecule has 0 radical (unpaired) electrons. The molecular formula is C21H33IN6O2. The second kappa shape index (κ2) is 12.6. The lowest BCUT2D eigenvalue weighted by atomic mass is 10.1. The molecule has 1 atom stereocenters. The number of aliphatic imine (C=N–C) groups is 1. The molecule has 3 rings (SSSR count). The normalized spacial score (nSPS) is 14.0. The smallest absolute Gasteiger partial charge is 0.191 e. The van der Waals surface area contributed by atoms with E-state index in [1.54, 1.807) is 6.33 Å². The quantitative estimate of drug-likeness (QED) is 0.296. The number of aryl methyl sites for hydroxylation is 1. The second-order valence-electron chi connectivity index (χ2n) is 7.13. The van der Waals surface area contributed by atoms with Crippen molar-refractivity contribution in [3.05, 3.63) is 35.9 Å². The van der Waals surface area contributed by atoms with Gasteiger partial charge >= 0.3 is 0 Å². The molecule has 0 aliphatic carbocycles. The van der Waals surface area contributed by atoms with Crippen LogP contribution < -0.4 is 20.1 Å². The molecule has 0 bridgehead atoms. The lowest BCUT2D eigenvalue weighted by molar-refractivity contribution is 0.171. The molecule has 2 N–H and O–H groups in total. The Labute approximate surface area is 195 Å². The van der Waals surface area contributed by atoms with E-state index in [2.05, 4.69) is 58.3 Å². The van der Waals surface area contributed by atoms with E-state index in [-0.39, 0.29) is 24.0 Å². The van der Waals surface area contributed by atoms with Gasteiger partial charge in [-0.25, -0.2) is 0 Å². The molecule has 0 spiro atoms. The predicted molar refractivity (Wildman–Crippen MR) is 129 cm³/mol. The van der Waals surface area contributed by atoms with Gasteiger partial charge in [-0.05, 0) is 37.5 Å². The molecule has 2 heterocycles. The fourth-order valence-electron chi connectivity index (χ4n) is 3.06. The van der Waals surface area contributed by atoms with Crippen LogP contribution in [0.2, 0.25) is 0 Å². The van der Waals surface area contributed by atoms with Gasteiger partial charge in [-0.15, -0.1) is 34.2 Å². The Balaban J connectivity index is 0.00000320. The highest BCUT2D eigenvalue weighted by Gasteiger charge is 2.11. The second-order valence-corrected chi connectivity index (χ2v) is 7.13. The number of rotatable bonds is 9. The first-order chi connectivity index (χ1) is 14.2. The average Bonchev–Trinajstić information content (AvgIpc) is 3.21. The summed E-state index contributed by atoms with van der Waals surface area (Å²) in [4.78, 5) is 4.76. The van der Waals surface area contributed by atoms with Crippen LogP contribution in [0.5, 0.6) is 11.5 Å². The predicted octanol–water partition coefficient (Wildman–Crippen LogP) is 2.81. The third-order valence-electron chi connectivity index (χ3n) is 4.93. The summed E-state index contributed by atoms with van der Waals surface area (Å²) in [7, 11) is 0. The molecule has 30 heavy (non-hydrogen) atoms. The minimum atomic E-state index is 0. The molecule has 2 aromatic rings. The lowest BCUT2D eigenvalue weighted by Crippen LogP contribution is -2.43. The zero-order valence-electron chi connectivity index (χ0n) is 18.1. The molecule has 1 aromatic heterocycles. The topological polar surface area (TPSA) is 85.6 Å². The van der Waals surface area contributed by atoms with Gasteiger partial charge in [0.1, 0.15) is 25.4 Å². The number of guanidine groups is 1. The molecule has 0 saturated carbocycles. The van der Waals surface area contributed by atoms with Gasteiger partial charge in [0.05, 0.1) is 0 Å². The van der Waals surface area contributed by atoms with Crippen molar-refractivity contribution >= 4 is 29.9 Å². The maximum Gasteiger partial charge on any atom is 0.191 e. The Bertz CT molecular complexity index is 811. The van der Waals surface area contributed by atoms with Gasteiger partial charge in [0.25, 0.3) is 0 Å². The Morgan fingerprint density at radius 3 is 2.80 bits per heavy atom. The molecule has 0 amide bonds. The molecule has 0 saturated heterocycles. The molecule has 1 aliphatic rings. The van der Waals surface area contributed by atoms with Crippen molar-refractivity contribution in [3.8, 4) is 11.5 Å². The van der Waals surface area contributed by atoms with Gasteiger partial charge in [0.15, 0.2) is 17.5 Å². The minimum Gasteiger partial charge on any atom is -0.486 e. The zero-order valence-corrected chi connectivity index (χ0v) is 20.4. The first-order valence-electron chi connectivity index (χ1n) is 10.5. The number of hydrogen-bond acceptors (Lipinski definition) is 5. The van der Waals surface area contributed by atoms with Crippen LogP contribution in [0.15, 0.2) is 29.5 Å². The highest BCUT2D eigenvalue weighted by atomic mass is 127. The number of ether oxygens (including phenoxy) is 2. The molecule has 1 aliphatic heterocycles. The van der Waals surface area contributed by atoms with Gasteiger partial charge in [0, 0.05) is 32.1 Å². The first-order valence-corrected chi connectivity index (χ1v) is 10.5. The number of fused-ring (bicyclic) bond motifs is 1. The molecule has 1 aromatic carbocycles. The van der Waals surface area contributed by atoms with Crippen LogP contribution in [0.25, 0.3) is 0 Å². The standard InChI is InChI=1S/C21H32N6O2.HI/c1-4-16(3)25-21(23-10-11-27-15-24-26-20(27)5-2)22-9-8-17-6-7-18-19(14-17)29-13-12-28-18;/h6-7,14-16H,4-5,8-13H2,1-3H3,(H2,22,23,25);1H. The number of benzene rings is 1. The first kappa shape index (κ1) is 24.2. The average molecular weight is 528 g/mol. The molecular weight excluding hydrogens is 495 g/mol.